The molecule has 2 heterocycles. The van der Waals surface area contributed by atoms with Crippen molar-refractivity contribution in [2.24, 2.45) is 11.7 Å². The zero-order valence-corrected chi connectivity index (χ0v) is 18.4. The zero-order chi connectivity index (χ0) is 23.5. The number of pyridine rings is 1. The van der Waals surface area contributed by atoms with Gasteiger partial charge in [0.05, 0.1) is 7.11 Å². The molecule has 1 atom stereocenters. The topological polar surface area (TPSA) is 105 Å². The molecule has 1 aliphatic heterocycles. The fraction of sp³-hybridized carbons (Fsp3) is 0.455. The number of benzene rings is 1. The maximum absolute atomic E-state index is 13.2. The van der Waals surface area contributed by atoms with Gasteiger partial charge < -0.3 is 24.7 Å². The van der Waals surface area contributed by atoms with E-state index in [1.807, 2.05) is 20.8 Å². The molecule has 1 amide bonds. The largest absolute Gasteiger partial charge is 0.488 e. The van der Waals surface area contributed by atoms with Gasteiger partial charge in [-0.2, -0.15) is 8.78 Å². The summed E-state index contributed by atoms with van der Waals surface area (Å²) >= 11 is 0. The number of nitrogens with two attached hydrogens (primary N) is 1. The third-order valence-corrected chi connectivity index (χ3v) is 4.78. The maximum Gasteiger partial charge on any atom is 0.412 e. The number of nitrogens with one attached hydrogen (secondary N) is 1. The summed E-state index contributed by atoms with van der Waals surface area (Å²) in [6.45, 7) is 3.03. The number of halogens is 2. The number of carbonyl (C=O) groups excluding carboxylic acids is 1. The van der Waals surface area contributed by atoms with Crippen molar-refractivity contribution < 1.29 is 32.5 Å². The van der Waals surface area contributed by atoms with E-state index < -0.39 is 18.2 Å². The summed E-state index contributed by atoms with van der Waals surface area (Å²) in [7, 11) is 1.24. The Hall–Kier alpha value is -3.14. The number of hydrogen-bond donors (Lipinski definition) is 2. The van der Waals surface area contributed by atoms with Crippen LogP contribution in [-0.4, -0.2) is 36.9 Å². The summed E-state index contributed by atoms with van der Waals surface area (Å²) in [6, 6.07) is 4.83. The maximum atomic E-state index is 13.2. The van der Waals surface area contributed by atoms with E-state index in [1.165, 1.54) is 19.4 Å². The van der Waals surface area contributed by atoms with Crippen LogP contribution in [0.1, 0.15) is 32.8 Å². The fourth-order valence-corrected chi connectivity index (χ4v) is 3.67. The van der Waals surface area contributed by atoms with Crippen molar-refractivity contribution >= 4 is 11.9 Å². The van der Waals surface area contributed by atoms with E-state index in [0.717, 1.165) is 5.56 Å². The Balaban J connectivity index is 1.97. The third kappa shape index (κ3) is 5.56. The van der Waals surface area contributed by atoms with E-state index in [1.54, 1.807) is 12.1 Å². The highest BCUT2D eigenvalue weighted by atomic mass is 19.3. The lowest BCUT2D eigenvalue weighted by Gasteiger charge is -2.28. The second kappa shape index (κ2) is 9.56. The summed E-state index contributed by atoms with van der Waals surface area (Å²) < 4.78 is 47.4. The van der Waals surface area contributed by atoms with E-state index in [9.17, 15) is 13.6 Å². The highest BCUT2D eigenvalue weighted by Gasteiger charge is 2.28. The molecule has 2 aromatic rings. The lowest BCUT2D eigenvalue weighted by molar-refractivity contribution is -0.0534. The van der Waals surface area contributed by atoms with Crippen molar-refractivity contribution in [1.82, 2.24) is 4.98 Å². The van der Waals surface area contributed by atoms with E-state index in [2.05, 4.69) is 15.0 Å². The first-order valence-corrected chi connectivity index (χ1v) is 10.1. The number of nitrogens with zero attached hydrogens (tertiary/aromatic N) is 1. The molecule has 1 aromatic carbocycles. The standard InChI is InChI=1S/C22H27F2N3O5/c1-12(2)8-22(3,25)11-31-16-6-5-14-15-7-17(27-21(28)29-4)26-9-13(15)10-30-18(14)19(16)32-20(23)24/h5-7,9,12,20H,8,10-11,25H2,1-4H3,(H,26,27,28). The first-order chi connectivity index (χ1) is 15.1. The van der Waals surface area contributed by atoms with Gasteiger partial charge in [0.15, 0.2) is 11.5 Å². The second-order valence-electron chi connectivity index (χ2n) is 8.32. The van der Waals surface area contributed by atoms with E-state index in [4.69, 9.17) is 19.9 Å². The normalized spacial score (nSPS) is 14.2. The molecule has 0 saturated carbocycles. The van der Waals surface area contributed by atoms with Crippen LogP contribution in [0.3, 0.4) is 0 Å². The lowest BCUT2D eigenvalue weighted by atomic mass is 9.93. The highest BCUT2D eigenvalue weighted by Crippen LogP contribution is 2.49. The van der Waals surface area contributed by atoms with Crippen LogP contribution in [0.2, 0.25) is 0 Å². The average molecular weight is 451 g/mol. The molecule has 3 rings (SSSR count). The zero-order valence-electron chi connectivity index (χ0n) is 18.4. The van der Waals surface area contributed by atoms with Gasteiger partial charge in [0.1, 0.15) is 19.0 Å². The van der Waals surface area contributed by atoms with Crippen LogP contribution >= 0.6 is 0 Å². The minimum atomic E-state index is -3.08. The molecule has 8 nitrogen and oxygen atoms in total. The summed E-state index contributed by atoms with van der Waals surface area (Å²) in [6.07, 6.45) is 1.55. The monoisotopic (exact) mass is 451 g/mol. The number of fused-ring (bicyclic) bond motifs is 3. The van der Waals surface area contributed by atoms with Crippen molar-refractivity contribution in [2.45, 2.75) is 45.9 Å². The lowest BCUT2D eigenvalue weighted by Crippen LogP contribution is -2.43. The summed E-state index contributed by atoms with van der Waals surface area (Å²) in [5.74, 6) is 0.605. The predicted molar refractivity (Wildman–Crippen MR) is 114 cm³/mol. The quantitative estimate of drug-likeness (QED) is 0.606. The van der Waals surface area contributed by atoms with Crippen molar-refractivity contribution in [3.05, 3.63) is 30.0 Å². The van der Waals surface area contributed by atoms with Crippen LogP contribution in [0, 0.1) is 5.92 Å². The van der Waals surface area contributed by atoms with Gasteiger partial charge in [-0.25, -0.2) is 9.78 Å². The molecule has 0 saturated heterocycles. The number of methoxy groups -OCH3 is 1. The Morgan fingerprint density at radius 2 is 2.09 bits per heavy atom. The highest BCUT2D eigenvalue weighted by molar-refractivity contribution is 5.86. The molecule has 32 heavy (non-hydrogen) atoms. The smallest absolute Gasteiger partial charge is 0.412 e. The number of amides is 1. The predicted octanol–water partition coefficient (Wildman–Crippen LogP) is 4.56. The van der Waals surface area contributed by atoms with Crippen LogP contribution in [-0.2, 0) is 11.3 Å². The molecule has 0 spiro atoms. The molecule has 1 aliphatic rings. The van der Waals surface area contributed by atoms with E-state index >= 15 is 0 Å². The van der Waals surface area contributed by atoms with Crippen LogP contribution in [0.25, 0.3) is 11.1 Å². The molecular formula is C22H27F2N3O5. The Kier molecular flexibility index (Phi) is 7.02. The molecule has 0 radical (unpaired) electrons. The first-order valence-electron chi connectivity index (χ1n) is 10.1. The fourth-order valence-electron chi connectivity index (χ4n) is 3.67. The van der Waals surface area contributed by atoms with Crippen molar-refractivity contribution in [2.75, 3.05) is 19.0 Å². The number of hydrogen-bond acceptors (Lipinski definition) is 7. The number of alkyl halides is 2. The summed E-state index contributed by atoms with van der Waals surface area (Å²) in [5, 5.41) is 2.48. The average Bonchev–Trinajstić information content (AvgIpc) is 2.71. The van der Waals surface area contributed by atoms with Crippen molar-refractivity contribution in [1.29, 1.82) is 0 Å². The van der Waals surface area contributed by atoms with Crippen molar-refractivity contribution in [3.8, 4) is 28.4 Å². The molecule has 10 heteroatoms. The van der Waals surface area contributed by atoms with Crippen LogP contribution in [0.5, 0.6) is 17.2 Å². The van der Waals surface area contributed by atoms with E-state index in [-0.39, 0.29) is 36.3 Å². The van der Waals surface area contributed by atoms with Gasteiger partial charge in [-0.05, 0) is 43.0 Å². The van der Waals surface area contributed by atoms with Crippen LogP contribution in [0.15, 0.2) is 24.4 Å². The summed E-state index contributed by atoms with van der Waals surface area (Å²) in [4.78, 5) is 15.6. The number of aromatic nitrogens is 1. The molecule has 1 aromatic heterocycles. The van der Waals surface area contributed by atoms with Gasteiger partial charge in [0, 0.05) is 22.9 Å². The van der Waals surface area contributed by atoms with Crippen molar-refractivity contribution in [3.63, 3.8) is 0 Å². The number of rotatable bonds is 8. The summed E-state index contributed by atoms with van der Waals surface area (Å²) in [5.41, 5.74) is 7.51. The molecule has 3 N–H and O–H groups in total. The van der Waals surface area contributed by atoms with E-state index in [0.29, 0.717) is 23.5 Å². The van der Waals surface area contributed by atoms with Gasteiger partial charge in [-0.3, -0.25) is 5.32 Å². The van der Waals surface area contributed by atoms with Gasteiger partial charge >= 0.3 is 12.7 Å². The molecule has 0 aliphatic carbocycles. The SMILES string of the molecule is COC(=O)Nc1cc2c(cn1)COc1c-2ccc(OCC(C)(N)CC(C)C)c1OC(F)F. The molecule has 1 unspecified atom stereocenters. The Bertz CT molecular complexity index is 982. The number of anilines is 1. The van der Waals surface area contributed by atoms with Gasteiger partial charge in [0.25, 0.3) is 0 Å². The Morgan fingerprint density at radius 3 is 2.75 bits per heavy atom. The second-order valence-corrected chi connectivity index (χ2v) is 8.32. The first kappa shape index (κ1) is 23.5. The Morgan fingerprint density at radius 1 is 1.34 bits per heavy atom. The van der Waals surface area contributed by atoms with Gasteiger partial charge in [0.2, 0.25) is 5.75 Å². The number of carbonyl (C=O) groups is 1. The minimum absolute atomic E-state index is 0.0822. The molecule has 0 fully saturated rings. The Labute approximate surface area is 185 Å². The van der Waals surface area contributed by atoms with Crippen LogP contribution in [0.4, 0.5) is 19.4 Å². The third-order valence-electron chi connectivity index (χ3n) is 4.78. The minimum Gasteiger partial charge on any atom is -0.488 e. The number of ether oxygens (including phenoxy) is 4. The van der Waals surface area contributed by atoms with Gasteiger partial charge in [-0.1, -0.05) is 13.8 Å². The molecule has 0 bridgehead atoms. The van der Waals surface area contributed by atoms with Gasteiger partial charge in [-0.15, -0.1) is 0 Å². The van der Waals surface area contributed by atoms with Crippen LogP contribution < -0.4 is 25.3 Å². The molecule has 174 valence electrons. The molecular weight excluding hydrogens is 424 g/mol.